The first-order chi connectivity index (χ1) is 7.49. The van der Waals surface area contributed by atoms with Crippen molar-refractivity contribution in [1.82, 2.24) is 0 Å². The molecule has 1 saturated heterocycles. The fourth-order valence-electron chi connectivity index (χ4n) is 1.44. The summed E-state index contributed by atoms with van der Waals surface area (Å²) in [7, 11) is 0. The third kappa shape index (κ3) is 2.78. The lowest BCUT2D eigenvalue weighted by Gasteiger charge is -2.26. The molecule has 0 radical (unpaired) electrons. The van der Waals surface area contributed by atoms with Crippen molar-refractivity contribution in [3.8, 4) is 0 Å². The van der Waals surface area contributed by atoms with Gasteiger partial charge < -0.3 is 14.6 Å². The summed E-state index contributed by atoms with van der Waals surface area (Å²) in [5, 5.41) is 9.25. The highest BCUT2D eigenvalue weighted by atomic mass is 19.4. The molecule has 1 aliphatic rings. The average Bonchev–Trinajstić information content (AvgIpc) is 2.42. The highest BCUT2D eigenvalue weighted by Crippen LogP contribution is 2.44. The molecule has 2 atom stereocenters. The van der Waals surface area contributed by atoms with Gasteiger partial charge in [0.1, 0.15) is 5.60 Å². The molecule has 0 aromatic carbocycles. The van der Waals surface area contributed by atoms with Gasteiger partial charge in [0, 0.05) is 5.57 Å². The number of halogens is 3. The molecule has 0 aliphatic carbocycles. The second-order valence-electron chi connectivity index (χ2n) is 4.37. The maximum Gasteiger partial charge on any atom is 0.443 e. The van der Waals surface area contributed by atoms with Crippen LogP contribution < -0.4 is 0 Å². The molecule has 1 heterocycles. The SMILES string of the molecule is C=C(C)C(=O)OC1(C)COC(O)(C(F)(F)F)C1. The van der Waals surface area contributed by atoms with Crippen molar-refractivity contribution in [2.75, 3.05) is 6.61 Å². The molecule has 1 fully saturated rings. The van der Waals surface area contributed by atoms with E-state index in [1.165, 1.54) is 13.8 Å². The second-order valence-corrected chi connectivity index (χ2v) is 4.37. The Morgan fingerprint density at radius 1 is 1.53 bits per heavy atom. The third-order valence-corrected chi connectivity index (χ3v) is 2.36. The van der Waals surface area contributed by atoms with Gasteiger partial charge in [0.25, 0.3) is 5.79 Å². The van der Waals surface area contributed by atoms with Gasteiger partial charge in [-0.05, 0) is 13.8 Å². The summed E-state index contributed by atoms with van der Waals surface area (Å²) in [6.07, 6.45) is -5.79. The third-order valence-electron chi connectivity index (χ3n) is 2.36. The van der Waals surface area contributed by atoms with Gasteiger partial charge in [0.15, 0.2) is 0 Å². The van der Waals surface area contributed by atoms with Crippen LogP contribution in [0.15, 0.2) is 12.2 Å². The molecule has 0 aromatic rings. The summed E-state index contributed by atoms with van der Waals surface area (Å²) in [6.45, 7) is 5.42. The number of rotatable bonds is 2. The minimum Gasteiger partial charge on any atom is -0.453 e. The van der Waals surface area contributed by atoms with Crippen LogP contribution >= 0.6 is 0 Å². The van der Waals surface area contributed by atoms with E-state index in [1.807, 2.05) is 0 Å². The second kappa shape index (κ2) is 3.99. The first-order valence-electron chi connectivity index (χ1n) is 4.81. The van der Waals surface area contributed by atoms with Gasteiger partial charge in [-0.25, -0.2) is 4.79 Å². The van der Waals surface area contributed by atoms with Crippen LogP contribution in [0, 0.1) is 0 Å². The maximum absolute atomic E-state index is 12.5. The minimum absolute atomic E-state index is 0.0636. The Morgan fingerprint density at radius 2 is 2.06 bits per heavy atom. The van der Waals surface area contributed by atoms with Crippen molar-refractivity contribution in [1.29, 1.82) is 0 Å². The zero-order valence-electron chi connectivity index (χ0n) is 9.43. The molecule has 17 heavy (non-hydrogen) atoms. The molecule has 1 rings (SSSR count). The van der Waals surface area contributed by atoms with Gasteiger partial charge >= 0.3 is 12.1 Å². The standard InChI is InChI=1S/C10H13F3O4/c1-6(2)7(14)17-8(3)4-9(15,16-5-8)10(11,12)13/h15H,1,4-5H2,2-3H3. The van der Waals surface area contributed by atoms with Crippen molar-refractivity contribution < 1.29 is 32.5 Å². The Labute approximate surface area is 96.0 Å². The van der Waals surface area contributed by atoms with Crippen LogP contribution in [0.5, 0.6) is 0 Å². The first-order valence-corrected chi connectivity index (χ1v) is 4.81. The number of hydrogen-bond donors (Lipinski definition) is 1. The normalized spacial score (nSPS) is 33.5. The summed E-state index contributed by atoms with van der Waals surface area (Å²) >= 11 is 0. The number of esters is 1. The van der Waals surface area contributed by atoms with Crippen molar-refractivity contribution >= 4 is 5.97 Å². The van der Waals surface area contributed by atoms with E-state index in [4.69, 9.17) is 4.74 Å². The number of hydrogen-bond acceptors (Lipinski definition) is 4. The summed E-state index contributed by atoms with van der Waals surface area (Å²) in [5.74, 6) is -4.08. The Hall–Kier alpha value is -1.08. The van der Waals surface area contributed by atoms with E-state index in [1.54, 1.807) is 0 Å². The highest BCUT2D eigenvalue weighted by Gasteiger charge is 2.63. The van der Waals surface area contributed by atoms with Gasteiger partial charge in [0.2, 0.25) is 0 Å². The van der Waals surface area contributed by atoms with E-state index in [0.717, 1.165) is 0 Å². The number of ether oxygens (including phenoxy) is 2. The first kappa shape index (κ1) is 14.0. The molecule has 0 spiro atoms. The zero-order valence-corrected chi connectivity index (χ0v) is 9.43. The van der Waals surface area contributed by atoms with Crippen LogP contribution in [0.1, 0.15) is 20.3 Å². The molecule has 1 N–H and O–H groups in total. The fourth-order valence-corrected chi connectivity index (χ4v) is 1.44. The lowest BCUT2D eigenvalue weighted by molar-refractivity contribution is -0.349. The fraction of sp³-hybridized carbons (Fsp3) is 0.700. The molecule has 7 heteroatoms. The molecular formula is C10H13F3O4. The summed E-state index contributed by atoms with van der Waals surface area (Å²) in [5.41, 5.74) is -1.45. The van der Waals surface area contributed by atoms with Crippen LogP contribution in [0.4, 0.5) is 13.2 Å². The summed E-state index contributed by atoms with van der Waals surface area (Å²) in [6, 6.07) is 0. The molecule has 0 aromatic heterocycles. The van der Waals surface area contributed by atoms with Gasteiger partial charge in [-0.3, -0.25) is 0 Å². The molecule has 4 nitrogen and oxygen atoms in total. The van der Waals surface area contributed by atoms with Gasteiger partial charge in [-0.1, -0.05) is 6.58 Å². The van der Waals surface area contributed by atoms with Gasteiger partial charge in [-0.2, -0.15) is 13.2 Å². The van der Waals surface area contributed by atoms with Crippen molar-refractivity contribution in [2.45, 2.75) is 37.8 Å². The van der Waals surface area contributed by atoms with Gasteiger partial charge in [-0.15, -0.1) is 0 Å². The Bertz CT molecular complexity index is 352. The monoisotopic (exact) mass is 254 g/mol. The Kier molecular flexibility index (Phi) is 3.28. The number of carbonyl (C=O) groups is 1. The average molecular weight is 254 g/mol. The number of aliphatic hydroxyl groups is 1. The van der Waals surface area contributed by atoms with Crippen LogP contribution in [-0.2, 0) is 14.3 Å². The van der Waals surface area contributed by atoms with Crippen LogP contribution in [0.25, 0.3) is 0 Å². The van der Waals surface area contributed by atoms with Gasteiger partial charge in [0.05, 0.1) is 13.0 Å². The van der Waals surface area contributed by atoms with E-state index >= 15 is 0 Å². The molecule has 98 valence electrons. The lowest BCUT2D eigenvalue weighted by atomic mass is 10.00. The van der Waals surface area contributed by atoms with Crippen molar-refractivity contribution in [3.63, 3.8) is 0 Å². The zero-order chi connectivity index (χ0) is 13.5. The van der Waals surface area contributed by atoms with Crippen LogP contribution in [0.2, 0.25) is 0 Å². The van der Waals surface area contributed by atoms with Crippen molar-refractivity contribution in [3.05, 3.63) is 12.2 Å². The summed E-state index contributed by atoms with van der Waals surface area (Å²) in [4.78, 5) is 11.2. The van der Waals surface area contributed by atoms with Crippen LogP contribution in [-0.4, -0.2) is 35.2 Å². The predicted octanol–water partition coefficient (Wildman–Crippen LogP) is 1.54. The van der Waals surface area contributed by atoms with Crippen molar-refractivity contribution in [2.24, 2.45) is 0 Å². The molecule has 0 saturated carbocycles. The minimum atomic E-state index is -4.93. The highest BCUT2D eigenvalue weighted by molar-refractivity contribution is 5.87. The molecular weight excluding hydrogens is 241 g/mol. The van der Waals surface area contributed by atoms with E-state index in [-0.39, 0.29) is 5.57 Å². The van der Waals surface area contributed by atoms with E-state index in [2.05, 4.69) is 11.3 Å². The lowest BCUT2D eigenvalue weighted by Crippen LogP contribution is -2.46. The van der Waals surface area contributed by atoms with Crippen LogP contribution in [0.3, 0.4) is 0 Å². The molecule has 0 amide bonds. The largest absolute Gasteiger partial charge is 0.453 e. The molecule has 2 unspecified atom stereocenters. The predicted molar refractivity (Wildman–Crippen MR) is 50.9 cm³/mol. The number of carbonyl (C=O) groups excluding carboxylic acids is 1. The topological polar surface area (TPSA) is 55.8 Å². The summed E-state index contributed by atoms with van der Waals surface area (Å²) < 4.78 is 46.5. The Morgan fingerprint density at radius 3 is 2.41 bits per heavy atom. The maximum atomic E-state index is 12.5. The quantitative estimate of drug-likeness (QED) is 0.600. The van der Waals surface area contributed by atoms with E-state index < -0.39 is 36.6 Å². The van der Waals surface area contributed by atoms with E-state index in [0.29, 0.717) is 0 Å². The smallest absolute Gasteiger partial charge is 0.443 e. The van der Waals surface area contributed by atoms with E-state index in [9.17, 15) is 23.1 Å². The number of alkyl halides is 3. The Balaban J connectivity index is 2.78. The molecule has 1 aliphatic heterocycles. The molecule has 0 bridgehead atoms.